The van der Waals surface area contributed by atoms with Gasteiger partial charge in [-0.25, -0.2) is 9.97 Å². The fourth-order valence-corrected chi connectivity index (χ4v) is 3.24. The van der Waals surface area contributed by atoms with Crippen molar-refractivity contribution in [1.29, 1.82) is 5.26 Å². The number of amides is 1. The number of carbonyl (C=O) groups excluding carboxylic acids is 1. The van der Waals surface area contributed by atoms with Gasteiger partial charge in [0.25, 0.3) is 0 Å². The zero-order valence-electron chi connectivity index (χ0n) is 17.5. The summed E-state index contributed by atoms with van der Waals surface area (Å²) in [4.78, 5) is 21.1. The number of nitriles is 1. The van der Waals surface area contributed by atoms with E-state index in [-0.39, 0.29) is 5.91 Å². The van der Waals surface area contributed by atoms with Gasteiger partial charge in [-0.3, -0.25) is 9.36 Å². The van der Waals surface area contributed by atoms with Gasteiger partial charge in [0.2, 0.25) is 5.91 Å². The highest BCUT2D eigenvalue weighted by Crippen LogP contribution is 2.28. The third-order valence-electron chi connectivity index (χ3n) is 4.83. The van der Waals surface area contributed by atoms with Gasteiger partial charge in [-0.2, -0.15) is 5.26 Å². The van der Waals surface area contributed by atoms with E-state index in [4.69, 9.17) is 14.7 Å². The molecule has 2 heterocycles. The number of fused-ring (bicyclic) bond motifs is 1. The van der Waals surface area contributed by atoms with E-state index in [1.807, 2.05) is 41.0 Å². The second kappa shape index (κ2) is 9.62. The van der Waals surface area contributed by atoms with Crippen LogP contribution in [0.15, 0.2) is 67.1 Å². The maximum atomic E-state index is 12.2. The first-order valence-electron chi connectivity index (χ1n) is 10.1. The first-order chi connectivity index (χ1) is 15.7. The number of benzene rings is 2. The van der Waals surface area contributed by atoms with E-state index in [0.29, 0.717) is 42.2 Å². The summed E-state index contributed by atoms with van der Waals surface area (Å²) in [6, 6.07) is 18.5. The lowest BCUT2D eigenvalue weighted by Crippen LogP contribution is -2.13. The van der Waals surface area contributed by atoms with Crippen molar-refractivity contribution in [3.05, 3.63) is 72.7 Å². The zero-order chi connectivity index (χ0) is 22.3. The van der Waals surface area contributed by atoms with Crippen LogP contribution < -0.4 is 14.8 Å². The molecule has 2 aromatic heterocycles. The summed E-state index contributed by atoms with van der Waals surface area (Å²) < 4.78 is 12.8. The van der Waals surface area contributed by atoms with Gasteiger partial charge >= 0.3 is 0 Å². The quantitative estimate of drug-likeness (QED) is 0.425. The molecule has 8 heteroatoms. The molecule has 4 rings (SSSR count). The molecule has 2 aromatic carbocycles. The average molecular weight is 427 g/mol. The van der Waals surface area contributed by atoms with Crippen molar-refractivity contribution in [2.24, 2.45) is 0 Å². The van der Waals surface area contributed by atoms with Gasteiger partial charge in [0.15, 0.2) is 11.5 Å². The van der Waals surface area contributed by atoms with E-state index in [9.17, 15) is 4.79 Å². The molecule has 1 amide bonds. The summed E-state index contributed by atoms with van der Waals surface area (Å²) in [5, 5.41) is 11.8. The molecule has 0 spiro atoms. The second-order valence-corrected chi connectivity index (χ2v) is 6.99. The molecule has 0 atom stereocenters. The molecule has 0 aliphatic heterocycles. The number of imidazole rings is 1. The number of aromatic nitrogens is 3. The highest BCUT2D eigenvalue weighted by atomic mass is 16.5. The number of rotatable bonds is 8. The zero-order valence-corrected chi connectivity index (χ0v) is 17.5. The van der Waals surface area contributed by atoms with Crippen molar-refractivity contribution in [3.63, 3.8) is 0 Å². The number of carbonyl (C=O) groups is 1. The van der Waals surface area contributed by atoms with Crippen molar-refractivity contribution in [2.45, 2.75) is 12.8 Å². The molecule has 0 aliphatic rings. The predicted octanol–water partition coefficient (Wildman–Crippen LogP) is 4.10. The molecule has 160 valence electrons. The van der Waals surface area contributed by atoms with Crippen LogP contribution in [-0.4, -0.2) is 34.2 Å². The van der Waals surface area contributed by atoms with Crippen molar-refractivity contribution in [2.75, 3.05) is 19.0 Å². The summed E-state index contributed by atoms with van der Waals surface area (Å²) in [6.45, 7) is 0.348. The highest BCUT2D eigenvalue weighted by Gasteiger charge is 2.08. The fourth-order valence-electron chi connectivity index (χ4n) is 3.24. The maximum Gasteiger partial charge on any atom is 0.224 e. The van der Waals surface area contributed by atoms with Crippen LogP contribution in [0.25, 0.3) is 16.9 Å². The molecule has 0 saturated carbocycles. The molecule has 0 fully saturated rings. The lowest BCUT2D eigenvalue weighted by molar-refractivity contribution is -0.116. The molecule has 0 aliphatic carbocycles. The monoisotopic (exact) mass is 427 g/mol. The summed E-state index contributed by atoms with van der Waals surface area (Å²) in [6.07, 6.45) is 4.18. The first-order valence-corrected chi connectivity index (χ1v) is 10.1. The minimum absolute atomic E-state index is 0.122. The molecular formula is C24H21N5O3. The Hall–Kier alpha value is -4.38. The van der Waals surface area contributed by atoms with E-state index in [1.54, 1.807) is 30.7 Å². The molecule has 32 heavy (non-hydrogen) atoms. The van der Waals surface area contributed by atoms with E-state index in [0.717, 1.165) is 16.9 Å². The molecule has 1 N–H and O–H groups in total. The van der Waals surface area contributed by atoms with Gasteiger partial charge in [0.1, 0.15) is 12.1 Å². The minimum Gasteiger partial charge on any atom is -0.493 e. The molecule has 0 bridgehead atoms. The maximum absolute atomic E-state index is 12.2. The van der Waals surface area contributed by atoms with Crippen LogP contribution in [0.2, 0.25) is 0 Å². The van der Waals surface area contributed by atoms with Crippen molar-refractivity contribution >= 4 is 22.6 Å². The lowest BCUT2D eigenvalue weighted by Gasteiger charge is -2.11. The number of nitrogens with one attached hydrogen (secondary N) is 1. The Morgan fingerprint density at radius 1 is 1.12 bits per heavy atom. The van der Waals surface area contributed by atoms with Crippen LogP contribution >= 0.6 is 0 Å². The van der Waals surface area contributed by atoms with Crippen LogP contribution in [0.3, 0.4) is 0 Å². The van der Waals surface area contributed by atoms with Gasteiger partial charge < -0.3 is 14.8 Å². The fraction of sp³-hybridized carbons (Fsp3) is 0.167. The largest absolute Gasteiger partial charge is 0.493 e. The highest BCUT2D eigenvalue weighted by molar-refractivity contribution is 5.90. The Morgan fingerprint density at radius 2 is 2.00 bits per heavy atom. The Labute approximate surface area is 185 Å². The van der Waals surface area contributed by atoms with Crippen LogP contribution in [0.1, 0.15) is 18.4 Å². The normalized spacial score (nSPS) is 10.5. The predicted molar refractivity (Wildman–Crippen MR) is 120 cm³/mol. The molecule has 8 nitrogen and oxygen atoms in total. The Bertz CT molecular complexity index is 1280. The summed E-state index contributed by atoms with van der Waals surface area (Å²) in [5.74, 6) is 1.63. The first kappa shape index (κ1) is 20.9. The van der Waals surface area contributed by atoms with Crippen molar-refractivity contribution in [3.8, 4) is 23.4 Å². The van der Waals surface area contributed by atoms with E-state index in [2.05, 4.69) is 21.4 Å². The number of hydrogen-bond acceptors (Lipinski definition) is 6. The van der Waals surface area contributed by atoms with Crippen molar-refractivity contribution < 1.29 is 14.3 Å². The number of hydrogen-bond donors (Lipinski definition) is 1. The van der Waals surface area contributed by atoms with Crippen LogP contribution in [0.5, 0.6) is 11.5 Å². The van der Waals surface area contributed by atoms with E-state index >= 15 is 0 Å². The smallest absolute Gasteiger partial charge is 0.224 e. The van der Waals surface area contributed by atoms with Crippen LogP contribution in [0.4, 0.5) is 5.69 Å². The topological polar surface area (TPSA) is 102 Å². The van der Waals surface area contributed by atoms with Gasteiger partial charge in [-0.15, -0.1) is 0 Å². The van der Waals surface area contributed by atoms with Crippen LogP contribution in [-0.2, 0) is 4.79 Å². The number of para-hydroxylation sites is 2. The third kappa shape index (κ3) is 4.68. The number of nitrogens with zero attached hydrogens (tertiary/aromatic N) is 4. The Morgan fingerprint density at radius 3 is 2.78 bits per heavy atom. The van der Waals surface area contributed by atoms with Gasteiger partial charge in [-0.1, -0.05) is 12.1 Å². The number of methoxy groups -OCH3 is 1. The average Bonchev–Trinajstić information content (AvgIpc) is 3.26. The standard InChI is InChI=1S/C24H21N5O3/c1-31-22-13-17(14-25)8-10-21(22)32-12-4-7-24(30)28-18-9-11-23(26-15-18)29-16-27-19-5-2-3-6-20(19)29/h2-3,5-6,8-11,13,15-16H,4,7,12H2,1H3,(H,28,30). The Balaban J connectivity index is 1.28. The lowest BCUT2D eigenvalue weighted by atomic mass is 10.2. The van der Waals surface area contributed by atoms with Gasteiger partial charge in [0, 0.05) is 12.5 Å². The summed E-state index contributed by atoms with van der Waals surface area (Å²) in [7, 11) is 1.52. The molecule has 0 saturated heterocycles. The molecule has 4 aromatic rings. The summed E-state index contributed by atoms with van der Waals surface area (Å²) in [5.41, 5.74) is 2.98. The van der Waals surface area contributed by atoms with Crippen molar-refractivity contribution in [1.82, 2.24) is 14.5 Å². The van der Waals surface area contributed by atoms with Crippen LogP contribution in [0, 0.1) is 11.3 Å². The number of ether oxygens (including phenoxy) is 2. The van der Waals surface area contributed by atoms with Gasteiger partial charge in [-0.05, 0) is 42.8 Å². The van der Waals surface area contributed by atoms with Gasteiger partial charge in [0.05, 0.1) is 48.3 Å². The van der Waals surface area contributed by atoms with E-state index < -0.39 is 0 Å². The molecule has 0 unspecified atom stereocenters. The molecule has 0 radical (unpaired) electrons. The third-order valence-corrected chi connectivity index (χ3v) is 4.83. The number of pyridine rings is 1. The second-order valence-electron chi connectivity index (χ2n) is 6.99. The molecular weight excluding hydrogens is 406 g/mol. The Kier molecular flexibility index (Phi) is 6.28. The number of anilines is 1. The minimum atomic E-state index is -0.122. The summed E-state index contributed by atoms with van der Waals surface area (Å²) >= 11 is 0. The van der Waals surface area contributed by atoms with E-state index in [1.165, 1.54) is 7.11 Å². The SMILES string of the molecule is COc1cc(C#N)ccc1OCCCC(=O)Nc1ccc(-n2cnc3ccccc32)nc1.